The van der Waals surface area contributed by atoms with E-state index in [9.17, 15) is 4.79 Å². The SMILES string of the molecule is CC(C)Oc1ccc(C(C)NCC(N)=O)cc1. The largest absolute Gasteiger partial charge is 0.491 e. The molecule has 0 aliphatic heterocycles. The molecule has 0 spiro atoms. The number of nitrogens with two attached hydrogens (primary N) is 1. The van der Waals surface area contributed by atoms with Gasteiger partial charge in [0.1, 0.15) is 5.75 Å². The lowest BCUT2D eigenvalue weighted by molar-refractivity contribution is -0.117. The predicted molar refractivity (Wildman–Crippen MR) is 67.8 cm³/mol. The maximum atomic E-state index is 10.7. The molecular weight excluding hydrogens is 216 g/mol. The maximum absolute atomic E-state index is 10.7. The lowest BCUT2D eigenvalue weighted by Crippen LogP contribution is -2.30. The Kier molecular flexibility index (Phi) is 4.97. The summed E-state index contributed by atoms with van der Waals surface area (Å²) in [6, 6.07) is 7.91. The van der Waals surface area contributed by atoms with Gasteiger partial charge >= 0.3 is 0 Å². The van der Waals surface area contributed by atoms with Crippen LogP contribution in [-0.2, 0) is 4.79 Å². The summed E-state index contributed by atoms with van der Waals surface area (Å²) >= 11 is 0. The van der Waals surface area contributed by atoms with Crippen LogP contribution in [0, 0.1) is 0 Å². The van der Waals surface area contributed by atoms with Crippen molar-refractivity contribution in [1.29, 1.82) is 0 Å². The van der Waals surface area contributed by atoms with Gasteiger partial charge in [-0.05, 0) is 38.5 Å². The fourth-order valence-corrected chi connectivity index (χ4v) is 1.48. The Morgan fingerprint density at radius 3 is 2.35 bits per heavy atom. The van der Waals surface area contributed by atoms with Crippen molar-refractivity contribution >= 4 is 5.91 Å². The first-order chi connectivity index (χ1) is 7.99. The van der Waals surface area contributed by atoms with Gasteiger partial charge in [-0.15, -0.1) is 0 Å². The van der Waals surface area contributed by atoms with E-state index in [0.717, 1.165) is 11.3 Å². The monoisotopic (exact) mass is 236 g/mol. The van der Waals surface area contributed by atoms with Gasteiger partial charge in [0.15, 0.2) is 0 Å². The maximum Gasteiger partial charge on any atom is 0.231 e. The van der Waals surface area contributed by atoms with E-state index in [1.165, 1.54) is 0 Å². The number of primary amides is 1. The first kappa shape index (κ1) is 13.5. The molecule has 0 bridgehead atoms. The number of ether oxygens (including phenoxy) is 1. The highest BCUT2D eigenvalue weighted by molar-refractivity contribution is 5.75. The summed E-state index contributed by atoms with van der Waals surface area (Å²) < 4.78 is 5.55. The molecule has 1 aromatic carbocycles. The lowest BCUT2D eigenvalue weighted by Gasteiger charge is -2.14. The number of hydrogen-bond acceptors (Lipinski definition) is 3. The zero-order valence-corrected chi connectivity index (χ0v) is 10.6. The molecule has 4 heteroatoms. The molecule has 1 rings (SSSR count). The van der Waals surface area contributed by atoms with Gasteiger partial charge in [-0.1, -0.05) is 12.1 Å². The summed E-state index contributed by atoms with van der Waals surface area (Å²) in [6.07, 6.45) is 0.172. The summed E-state index contributed by atoms with van der Waals surface area (Å²) in [7, 11) is 0. The minimum atomic E-state index is -0.350. The molecule has 0 saturated carbocycles. The fourth-order valence-electron chi connectivity index (χ4n) is 1.48. The topological polar surface area (TPSA) is 64.3 Å². The highest BCUT2D eigenvalue weighted by Gasteiger charge is 2.06. The highest BCUT2D eigenvalue weighted by atomic mass is 16.5. The predicted octanol–water partition coefficient (Wildman–Crippen LogP) is 1.61. The van der Waals surface area contributed by atoms with Gasteiger partial charge in [-0.3, -0.25) is 4.79 Å². The van der Waals surface area contributed by atoms with Crippen LogP contribution < -0.4 is 15.8 Å². The van der Waals surface area contributed by atoms with Gasteiger partial charge in [-0.25, -0.2) is 0 Å². The van der Waals surface area contributed by atoms with Crippen molar-refractivity contribution in [1.82, 2.24) is 5.32 Å². The van der Waals surface area contributed by atoms with Crippen LogP contribution in [0.5, 0.6) is 5.75 Å². The van der Waals surface area contributed by atoms with Gasteiger partial charge in [0.2, 0.25) is 5.91 Å². The van der Waals surface area contributed by atoms with Crippen LogP contribution >= 0.6 is 0 Å². The number of amides is 1. The minimum Gasteiger partial charge on any atom is -0.491 e. The van der Waals surface area contributed by atoms with E-state index >= 15 is 0 Å². The van der Waals surface area contributed by atoms with E-state index in [0.29, 0.717) is 0 Å². The molecular formula is C13H20N2O2. The Balaban J connectivity index is 2.57. The van der Waals surface area contributed by atoms with E-state index in [2.05, 4.69) is 5.32 Å². The Hall–Kier alpha value is -1.55. The number of benzene rings is 1. The van der Waals surface area contributed by atoms with Crippen molar-refractivity contribution in [2.75, 3.05) is 6.54 Å². The van der Waals surface area contributed by atoms with Gasteiger partial charge in [-0.2, -0.15) is 0 Å². The van der Waals surface area contributed by atoms with Crippen LogP contribution in [0.3, 0.4) is 0 Å². The Morgan fingerprint density at radius 2 is 1.88 bits per heavy atom. The zero-order chi connectivity index (χ0) is 12.8. The van der Waals surface area contributed by atoms with Gasteiger partial charge in [0, 0.05) is 6.04 Å². The molecule has 0 aliphatic rings. The molecule has 94 valence electrons. The third-order valence-electron chi connectivity index (χ3n) is 2.33. The zero-order valence-electron chi connectivity index (χ0n) is 10.6. The quantitative estimate of drug-likeness (QED) is 0.788. The fraction of sp³-hybridized carbons (Fsp3) is 0.462. The van der Waals surface area contributed by atoms with Crippen LogP contribution in [0.15, 0.2) is 24.3 Å². The van der Waals surface area contributed by atoms with E-state index < -0.39 is 0 Å². The lowest BCUT2D eigenvalue weighted by atomic mass is 10.1. The second-order valence-corrected chi connectivity index (χ2v) is 4.30. The van der Waals surface area contributed by atoms with Crippen molar-refractivity contribution in [3.05, 3.63) is 29.8 Å². The molecule has 0 heterocycles. The molecule has 3 N–H and O–H groups in total. The van der Waals surface area contributed by atoms with Crippen LogP contribution in [0.1, 0.15) is 32.4 Å². The molecule has 17 heavy (non-hydrogen) atoms. The Labute approximate surface area is 102 Å². The first-order valence-corrected chi connectivity index (χ1v) is 5.77. The molecule has 0 aromatic heterocycles. The normalized spacial score (nSPS) is 12.5. The summed E-state index contributed by atoms with van der Waals surface area (Å²) in [5.74, 6) is 0.502. The van der Waals surface area contributed by atoms with Crippen molar-refractivity contribution < 1.29 is 9.53 Å². The molecule has 4 nitrogen and oxygen atoms in total. The highest BCUT2D eigenvalue weighted by Crippen LogP contribution is 2.18. The molecule has 0 aliphatic carbocycles. The second kappa shape index (κ2) is 6.25. The van der Waals surface area contributed by atoms with Crippen molar-refractivity contribution in [2.24, 2.45) is 5.73 Å². The molecule has 1 aromatic rings. The molecule has 1 unspecified atom stereocenters. The average Bonchev–Trinajstić information content (AvgIpc) is 2.26. The Bertz CT molecular complexity index is 360. The summed E-state index contributed by atoms with van der Waals surface area (Å²) in [6.45, 7) is 6.16. The Morgan fingerprint density at radius 1 is 1.29 bits per heavy atom. The molecule has 0 radical (unpaired) electrons. The summed E-state index contributed by atoms with van der Waals surface area (Å²) in [5, 5.41) is 3.04. The number of carbonyl (C=O) groups excluding carboxylic acids is 1. The molecule has 1 atom stereocenters. The molecule has 0 saturated heterocycles. The summed E-state index contributed by atoms with van der Waals surface area (Å²) in [4.78, 5) is 10.7. The van der Waals surface area contributed by atoms with E-state index in [1.807, 2.05) is 45.0 Å². The van der Waals surface area contributed by atoms with Gasteiger partial charge < -0.3 is 15.8 Å². The van der Waals surface area contributed by atoms with Gasteiger partial charge in [0.25, 0.3) is 0 Å². The van der Waals surface area contributed by atoms with E-state index in [4.69, 9.17) is 10.5 Å². The number of rotatable bonds is 6. The first-order valence-electron chi connectivity index (χ1n) is 5.77. The average molecular weight is 236 g/mol. The van der Waals surface area contributed by atoms with E-state index in [1.54, 1.807) is 0 Å². The molecule has 1 amide bonds. The number of nitrogens with one attached hydrogen (secondary N) is 1. The summed E-state index contributed by atoms with van der Waals surface area (Å²) in [5.41, 5.74) is 6.18. The second-order valence-electron chi connectivity index (χ2n) is 4.30. The number of hydrogen-bond donors (Lipinski definition) is 2. The molecule has 0 fully saturated rings. The third-order valence-corrected chi connectivity index (χ3v) is 2.33. The van der Waals surface area contributed by atoms with Crippen LogP contribution in [-0.4, -0.2) is 18.6 Å². The van der Waals surface area contributed by atoms with Crippen LogP contribution in [0.4, 0.5) is 0 Å². The van der Waals surface area contributed by atoms with Crippen LogP contribution in [0.2, 0.25) is 0 Å². The third kappa shape index (κ3) is 4.87. The van der Waals surface area contributed by atoms with Crippen molar-refractivity contribution in [2.45, 2.75) is 32.9 Å². The van der Waals surface area contributed by atoms with Crippen molar-refractivity contribution in [3.63, 3.8) is 0 Å². The standard InChI is InChI=1S/C13H20N2O2/c1-9(2)17-12-6-4-11(5-7-12)10(3)15-8-13(14)16/h4-7,9-10,15H,8H2,1-3H3,(H2,14,16). The minimum absolute atomic E-state index is 0.0931. The van der Waals surface area contributed by atoms with E-state index in [-0.39, 0.29) is 24.6 Å². The van der Waals surface area contributed by atoms with Gasteiger partial charge in [0.05, 0.1) is 12.6 Å². The van der Waals surface area contributed by atoms with Crippen LogP contribution in [0.25, 0.3) is 0 Å². The number of carbonyl (C=O) groups is 1. The van der Waals surface area contributed by atoms with Crippen molar-refractivity contribution in [3.8, 4) is 5.75 Å². The smallest absolute Gasteiger partial charge is 0.231 e.